The molecule has 1 aromatic carbocycles. The van der Waals surface area contributed by atoms with Gasteiger partial charge >= 0.3 is 5.97 Å². The van der Waals surface area contributed by atoms with Gasteiger partial charge in [0.25, 0.3) is 0 Å². The van der Waals surface area contributed by atoms with Crippen molar-refractivity contribution in [3.63, 3.8) is 0 Å². The third-order valence-electron chi connectivity index (χ3n) is 3.16. The summed E-state index contributed by atoms with van der Waals surface area (Å²) in [6, 6.07) is 2.24. The number of hydrogen-bond donors (Lipinski definition) is 3. The molecule has 1 aliphatic rings. The fourth-order valence-corrected chi connectivity index (χ4v) is 2.10. The van der Waals surface area contributed by atoms with Crippen LogP contribution >= 0.6 is 0 Å². The number of benzene rings is 1. The van der Waals surface area contributed by atoms with E-state index < -0.39 is 11.8 Å². The van der Waals surface area contributed by atoms with Crippen molar-refractivity contribution in [3.05, 3.63) is 23.5 Å². The molecule has 1 saturated heterocycles. The summed E-state index contributed by atoms with van der Waals surface area (Å²) in [6.07, 6.45) is 3.11. The number of hydrogen-bond acceptors (Lipinski definition) is 4. The van der Waals surface area contributed by atoms with E-state index >= 15 is 0 Å². The minimum absolute atomic E-state index is 0.0407. The van der Waals surface area contributed by atoms with Gasteiger partial charge < -0.3 is 20.9 Å². The van der Waals surface area contributed by atoms with Crippen molar-refractivity contribution in [2.45, 2.75) is 25.4 Å². The van der Waals surface area contributed by atoms with Crippen molar-refractivity contribution in [3.8, 4) is 0 Å². The van der Waals surface area contributed by atoms with Gasteiger partial charge in [-0.2, -0.15) is 0 Å². The molecule has 0 bridgehead atoms. The van der Waals surface area contributed by atoms with E-state index in [1.54, 1.807) is 0 Å². The van der Waals surface area contributed by atoms with E-state index in [-0.39, 0.29) is 23.0 Å². The predicted octanol–water partition coefficient (Wildman–Crippen LogP) is 2.09. The number of carboxylic acids is 1. The Morgan fingerprint density at radius 2 is 2.32 bits per heavy atom. The maximum Gasteiger partial charge on any atom is 0.337 e. The average Bonchev–Trinajstić information content (AvgIpc) is 2.38. The second-order valence-electron chi connectivity index (χ2n) is 4.59. The number of halogens is 1. The number of ether oxygens (including phenoxy) is 1. The van der Waals surface area contributed by atoms with E-state index in [1.807, 2.05) is 0 Å². The van der Waals surface area contributed by atoms with E-state index in [0.29, 0.717) is 6.54 Å². The van der Waals surface area contributed by atoms with Gasteiger partial charge in [0.15, 0.2) is 0 Å². The molecule has 1 aliphatic heterocycles. The first-order valence-corrected chi connectivity index (χ1v) is 6.25. The van der Waals surface area contributed by atoms with Crippen molar-refractivity contribution in [2.24, 2.45) is 0 Å². The van der Waals surface area contributed by atoms with Crippen LogP contribution in [0.4, 0.5) is 15.8 Å². The Labute approximate surface area is 110 Å². The van der Waals surface area contributed by atoms with Crippen LogP contribution in [0.15, 0.2) is 12.1 Å². The zero-order valence-electron chi connectivity index (χ0n) is 10.5. The molecule has 104 valence electrons. The summed E-state index contributed by atoms with van der Waals surface area (Å²) in [5.41, 5.74) is 5.41. The molecule has 0 spiro atoms. The van der Waals surface area contributed by atoms with Crippen molar-refractivity contribution in [1.29, 1.82) is 0 Å². The van der Waals surface area contributed by atoms with Crippen LogP contribution in [0.5, 0.6) is 0 Å². The molecule has 2 rings (SSSR count). The van der Waals surface area contributed by atoms with Crippen LogP contribution in [0.1, 0.15) is 29.6 Å². The van der Waals surface area contributed by atoms with Gasteiger partial charge in [0.1, 0.15) is 5.82 Å². The summed E-state index contributed by atoms with van der Waals surface area (Å²) in [4.78, 5) is 10.9. The highest BCUT2D eigenvalue weighted by atomic mass is 19.1. The van der Waals surface area contributed by atoms with Crippen molar-refractivity contribution in [2.75, 3.05) is 24.2 Å². The van der Waals surface area contributed by atoms with Gasteiger partial charge in [-0.15, -0.1) is 0 Å². The lowest BCUT2D eigenvalue weighted by Gasteiger charge is -2.23. The molecule has 1 heterocycles. The zero-order chi connectivity index (χ0) is 13.8. The third kappa shape index (κ3) is 3.35. The molecule has 1 aromatic rings. The van der Waals surface area contributed by atoms with Crippen molar-refractivity contribution < 1.29 is 19.0 Å². The number of aromatic carboxylic acids is 1. The summed E-state index contributed by atoms with van der Waals surface area (Å²) >= 11 is 0. The zero-order valence-corrected chi connectivity index (χ0v) is 10.5. The molecule has 1 unspecified atom stereocenters. The van der Waals surface area contributed by atoms with Crippen LogP contribution in [0.25, 0.3) is 0 Å². The Kier molecular flexibility index (Phi) is 4.21. The largest absolute Gasteiger partial charge is 0.478 e. The number of carboxylic acid groups (broad SMARTS) is 1. The molecule has 0 aliphatic carbocycles. The number of rotatable bonds is 4. The van der Waals surface area contributed by atoms with Crippen molar-refractivity contribution in [1.82, 2.24) is 0 Å². The quantitative estimate of drug-likeness (QED) is 0.728. The third-order valence-corrected chi connectivity index (χ3v) is 3.16. The molecule has 6 heteroatoms. The van der Waals surface area contributed by atoms with E-state index in [9.17, 15) is 9.18 Å². The minimum Gasteiger partial charge on any atom is -0.478 e. The van der Waals surface area contributed by atoms with Gasteiger partial charge in [-0.25, -0.2) is 9.18 Å². The molecule has 19 heavy (non-hydrogen) atoms. The van der Waals surface area contributed by atoms with Crippen LogP contribution in [0.3, 0.4) is 0 Å². The molecular formula is C13H17FN2O3. The number of nitrogens with one attached hydrogen (secondary N) is 1. The van der Waals surface area contributed by atoms with Crippen molar-refractivity contribution >= 4 is 17.3 Å². The Hall–Kier alpha value is -1.82. The SMILES string of the molecule is Nc1cc(F)c(NCC2CCCCO2)cc1C(=O)O. The highest BCUT2D eigenvalue weighted by Crippen LogP contribution is 2.23. The second-order valence-corrected chi connectivity index (χ2v) is 4.59. The van der Waals surface area contributed by atoms with Crippen LogP contribution in [-0.2, 0) is 4.74 Å². The van der Waals surface area contributed by atoms with E-state index in [4.69, 9.17) is 15.6 Å². The molecular weight excluding hydrogens is 251 g/mol. The lowest BCUT2D eigenvalue weighted by atomic mass is 10.1. The predicted molar refractivity (Wildman–Crippen MR) is 69.9 cm³/mol. The summed E-state index contributed by atoms with van der Waals surface area (Å²) < 4.78 is 19.2. The van der Waals surface area contributed by atoms with Crippen LogP contribution in [0.2, 0.25) is 0 Å². The topological polar surface area (TPSA) is 84.6 Å². The highest BCUT2D eigenvalue weighted by Gasteiger charge is 2.16. The summed E-state index contributed by atoms with van der Waals surface area (Å²) in [6.45, 7) is 1.18. The van der Waals surface area contributed by atoms with Gasteiger partial charge in [0, 0.05) is 18.8 Å². The molecule has 4 N–H and O–H groups in total. The van der Waals surface area contributed by atoms with Gasteiger partial charge in [-0.1, -0.05) is 0 Å². The maximum atomic E-state index is 13.7. The normalized spacial score (nSPS) is 19.1. The molecule has 5 nitrogen and oxygen atoms in total. The van der Waals surface area contributed by atoms with Gasteiger partial charge in [-0.3, -0.25) is 0 Å². The van der Waals surface area contributed by atoms with E-state index in [2.05, 4.69) is 5.32 Å². The second kappa shape index (κ2) is 5.88. The number of carbonyl (C=O) groups is 1. The van der Waals surface area contributed by atoms with Crippen LogP contribution in [-0.4, -0.2) is 30.3 Å². The van der Waals surface area contributed by atoms with E-state index in [0.717, 1.165) is 31.9 Å². The molecule has 1 fully saturated rings. The fourth-order valence-electron chi connectivity index (χ4n) is 2.10. The molecule has 1 atom stereocenters. The van der Waals surface area contributed by atoms with Crippen LogP contribution < -0.4 is 11.1 Å². The lowest BCUT2D eigenvalue weighted by molar-refractivity contribution is 0.0247. The number of anilines is 2. The summed E-state index contributed by atoms with van der Waals surface area (Å²) in [7, 11) is 0. The van der Waals surface area contributed by atoms with Crippen LogP contribution in [0, 0.1) is 5.82 Å². The Bertz CT molecular complexity index is 473. The van der Waals surface area contributed by atoms with Gasteiger partial charge in [0.2, 0.25) is 0 Å². The first-order valence-electron chi connectivity index (χ1n) is 6.25. The number of nitrogen functional groups attached to an aromatic ring is 1. The van der Waals surface area contributed by atoms with Gasteiger partial charge in [0.05, 0.1) is 17.4 Å². The monoisotopic (exact) mass is 268 g/mol. The Balaban J connectivity index is 2.06. The maximum absolute atomic E-state index is 13.7. The molecule has 0 radical (unpaired) electrons. The standard InChI is InChI=1S/C13H17FN2O3/c14-10-6-11(15)9(13(17)18)5-12(10)16-7-8-3-1-2-4-19-8/h5-6,8,16H,1-4,7,15H2,(H,17,18). The number of nitrogens with two attached hydrogens (primary N) is 1. The summed E-state index contributed by atoms with van der Waals surface area (Å²) in [5, 5.41) is 11.8. The minimum atomic E-state index is -1.17. The first-order chi connectivity index (χ1) is 9.08. The lowest BCUT2D eigenvalue weighted by Crippen LogP contribution is -2.27. The Morgan fingerprint density at radius 1 is 1.53 bits per heavy atom. The average molecular weight is 268 g/mol. The molecule has 0 amide bonds. The van der Waals surface area contributed by atoms with Gasteiger partial charge in [-0.05, 0) is 31.4 Å². The molecule has 0 aromatic heterocycles. The summed E-state index contributed by atoms with van der Waals surface area (Å²) in [5.74, 6) is -1.73. The van der Waals surface area contributed by atoms with E-state index in [1.165, 1.54) is 6.07 Å². The smallest absolute Gasteiger partial charge is 0.337 e. The first kappa shape index (κ1) is 13.6. The highest BCUT2D eigenvalue weighted by molar-refractivity contribution is 5.94. The fraction of sp³-hybridized carbons (Fsp3) is 0.462. The Morgan fingerprint density at radius 3 is 2.95 bits per heavy atom. The molecule has 0 saturated carbocycles.